The van der Waals surface area contributed by atoms with Crippen molar-refractivity contribution in [1.29, 1.82) is 0 Å². The van der Waals surface area contributed by atoms with Crippen LogP contribution in [0.1, 0.15) is 30.0 Å². The van der Waals surface area contributed by atoms with Crippen LogP contribution in [0.3, 0.4) is 0 Å². The molecule has 0 amide bonds. The molecule has 1 N–H and O–H groups in total. The monoisotopic (exact) mass is 222 g/mol. The molecule has 0 aliphatic rings. The average molecular weight is 222 g/mol. The van der Waals surface area contributed by atoms with Gasteiger partial charge >= 0.3 is 5.97 Å². The maximum Gasteiger partial charge on any atom is 0.307 e. The van der Waals surface area contributed by atoms with Gasteiger partial charge in [0.2, 0.25) is 0 Å². The molecule has 1 atom stereocenters. The van der Waals surface area contributed by atoms with E-state index in [2.05, 4.69) is 6.07 Å². The van der Waals surface area contributed by atoms with Crippen molar-refractivity contribution < 1.29 is 14.6 Å². The van der Waals surface area contributed by atoms with E-state index in [1.165, 1.54) is 5.56 Å². The Labute approximate surface area is 96.1 Å². The highest BCUT2D eigenvalue weighted by Crippen LogP contribution is 2.23. The van der Waals surface area contributed by atoms with E-state index in [0.29, 0.717) is 0 Å². The quantitative estimate of drug-likeness (QED) is 0.852. The van der Waals surface area contributed by atoms with Gasteiger partial charge in [-0.3, -0.25) is 4.79 Å². The Balaban J connectivity index is 2.81. The van der Waals surface area contributed by atoms with Crippen molar-refractivity contribution in [1.82, 2.24) is 0 Å². The first-order chi connectivity index (χ1) is 7.40. The molecule has 0 spiro atoms. The van der Waals surface area contributed by atoms with Crippen molar-refractivity contribution in [3.63, 3.8) is 0 Å². The predicted octanol–water partition coefficient (Wildman–Crippen LogP) is 2.85. The van der Waals surface area contributed by atoms with Gasteiger partial charge in [-0.15, -0.1) is 0 Å². The van der Waals surface area contributed by atoms with Gasteiger partial charge in [0, 0.05) is 0 Å². The number of benzene rings is 1. The molecular formula is C13H18O3. The van der Waals surface area contributed by atoms with Crippen molar-refractivity contribution in [3.8, 4) is 5.75 Å². The fourth-order valence-corrected chi connectivity index (χ4v) is 1.57. The number of hydrogen-bond acceptors (Lipinski definition) is 2. The van der Waals surface area contributed by atoms with E-state index in [-0.39, 0.29) is 12.5 Å². The standard InChI is InChI=1S/C13H18O3/c1-8-5-10(3)12(6-9(8)2)16-11(4)7-13(14)15/h5-6,11H,7H2,1-4H3,(H,14,15). The van der Waals surface area contributed by atoms with E-state index in [1.54, 1.807) is 6.92 Å². The maximum absolute atomic E-state index is 10.5. The highest BCUT2D eigenvalue weighted by molar-refractivity contribution is 5.67. The van der Waals surface area contributed by atoms with Crippen molar-refractivity contribution in [2.24, 2.45) is 0 Å². The van der Waals surface area contributed by atoms with E-state index in [0.717, 1.165) is 16.9 Å². The third-order valence-corrected chi connectivity index (χ3v) is 2.58. The zero-order valence-electron chi connectivity index (χ0n) is 10.2. The van der Waals surface area contributed by atoms with Crippen LogP contribution in [-0.4, -0.2) is 17.2 Å². The molecule has 16 heavy (non-hydrogen) atoms. The molecule has 1 rings (SSSR count). The second kappa shape index (κ2) is 5.01. The Morgan fingerprint density at radius 2 is 1.81 bits per heavy atom. The number of hydrogen-bond donors (Lipinski definition) is 1. The molecular weight excluding hydrogens is 204 g/mol. The van der Waals surface area contributed by atoms with Gasteiger partial charge in [0.1, 0.15) is 11.9 Å². The molecule has 0 saturated heterocycles. The fourth-order valence-electron chi connectivity index (χ4n) is 1.57. The summed E-state index contributed by atoms with van der Waals surface area (Å²) in [5, 5.41) is 8.65. The third kappa shape index (κ3) is 3.26. The number of ether oxygens (including phenoxy) is 1. The number of aryl methyl sites for hydroxylation is 3. The summed E-state index contributed by atoms with van der Waals surface area (Å²) in [4.78, 5) is 10.5. The van der Waals surface area contributed by atoms with Gasteiger partial charge in [0.15, 0.2) is 0 Å². The molecule has 3 nitrogen and oxygen atoms in total. The number of aliphatic carboxylic acids is 1. The van der Waals surface area contributed by atoms with Crippen LogP contribution in [0.5, 0.6) is 5.75 Å². The van der Waals surface area contributed by atoms with Gasteiger partial charge in [-0.25, -0.2) is 0 Å². The minimum absolute atomic E-state index is 0.0202. The highest BCUT2D eigenvalue weighted by Gasteiger charge is 2.11. The van der Waals surface area contributed by atoms with Gasteiger partial charge in [0.05, 0.1) is 6.42 Å². The van der Waals surface area contributed by atoms with Gasteiger partial charge < -0.3 is 9.84 Å². The number of rotatable bonds is 4. The van der Waals surface area contributed by atoms with Crippen molar-refractivity contribution in [2.75, 3.05) is 0 Å². The zero-order valence-corrected chi connectivity index (χ0v) is 10.2. The lowest BCUT2D eigenvalue weighted by molar-refractivity contribution is -0.138. The molecule has 3 heteroatoms. The topological polar surface area (TPSA) is 46.5 Å². The molecule has 0 fully saturated rings. The lowest BCUT2D eigenvalue weighted by Gasteiger charge is -2.16. The van der Waals surface area contributed by atoms with E-state index in [1.807, 2.05) is 26.8 Å². The Morgan fingerprint density at radius 3 is 2.38 bits per heavy atom. The molecule has 0 heterocycles. The number of carboxylic acids is 1. The molecule has 88 valence electrons. The summed E-state index contributed by atoms with van der Waals surface area (Å²) in [5.41, 5.74) is 3.42. The summed E-state index contributed by atoms with van der Waals surface area (Å²) in [6, 6.07) is 4.02. The van der Waals surface area contributed by atoms with Crippen LogP contribution >= 0.6 is 0 Å². The van der Waals surface area contributed by atoms with Crippen molar-refractivity contribution in [2.45, 2.75) is 40.2 Å². The van der Waals surface area contributed by atoms with Gasteiger partial charge in [0.25, 0.3) is 0 Å². The van der Waals surface area contributed by atoms with Crippen LogP contribution in [0, 0.1) is 20.8 Å². The molecule has 0 aliphatic carbocycles. The maximum atomic E-state index is 10.5. The molecule has 0 aromatic heterocycles. The first-order valence-electron chi connectivity index (χ1n) is 5.36. The first kappa shape index (κ1) is 12.6. The Hall–Kier alpha value is -1.51. The second-order valence-corrected chi connectivity index (χ2v) is 4.23. The van der Waals surface area contributed by atoms with Crippen molar-refractivity contribution in [3.05, 3.63) is 28.8 Å². The summed E-state index contributed by atoms with van der Waals surface area (Å²) in [6.45, 7) is 7.80. The van der Waals surface area contributed by atoms with Crippen LogP contribution < -0.4 is 4.74 Å². The SMILES string of the molecule is Cc1cc(C)c(OC(C)CC(=O)O)cc1C. The largest absolute Gasteiger partial charge is 0.490 e. The van der Waals surface area contributed by atoms with Gasteiger partial charge in [-0.2, -0.15) is 0 Å². The second-order valence-electron chi connectivity index (χ2n) is 4.23. The van der Waals surface area contributed by atoms with Crippen LogP contribution in [0.4, 0.5) is 0 Å². The molecule has 1 aromatic carbocycles. The summed E-state index contributed by atoms with van der Waals surface area (Å²) in [6.07, 6.45) is -0.287. The number of carbonyl (C=O) groups is 1. The Bertz CT molecular complexity index is 396. The minimum Gasteiger partial charge on any atom is -0.490 e. The third-order valence-electron chi connectivity index (χ3n) is 2.58. The summed E-state index contributed by atoms with van der Waals surface area (Å²) < 4.78 is 5.61. The van der Waals surface area contributed by atoms with Crippen LogP contribution in [-0.2, 0) is 4.79 Å². The molecule has 1 aromatic rings. The smallest absolute Gasteiger partial charge is 0.307 e. The molecule has 0 aliphatic heterocycles. The average Bonchev–Trinajstić information content (AvgIpc) is 2.12. The van der Waals surface area contributed by atoms with Crippen LogP contribution in [0.25, 0.3) is 0 Å². The van der Waals surface area contributed by atoms with E-state index in [9.17, 15) is 4.79 Å². The Kier molecular flexibility index (Phi) is 3.93. The van der Waals surface area contributed by atoms with Gasteiger partial charge in [-0.1, -0.05) is 6.07 Å². The molecule has 1 unspecified atom stereocenters. The Morgan fingerprint density at radius 1 is 1.25 bits per heavy atom. The highest BCUT2D eigenvalue weighted by atomic mass is 16.5. The van der Waals surface area contributed by atoms with E-state index >= 15 is 0 Å². The number of carboxylic acid groups (broad SMARTS) is 1. The minimum atomic E-state index is -0.839. The van der Waals surface area contributed by atoms with Crippen LogP contribution in [0.15, 0.2) is 12.1 Å². The van der Waals surface area contributed by atoms with Gasteiger partial charge in [-0.05, 0) is 50.5 Å². The molecule has 0 bridgehead atoms. The zero-order chi connectivity index (χ0) is 12.3. The van der Waals surface area contributed by atoms with E-state index < -0.39 is 5.97 Å². The molecule has 0 radical (unpaired) electrons. The fraction of sp³-hybridized carbons (Fsp3) is 0.462. The predicted molar refractivity (Wildman–Crippen MR) is 63.0 cm³/mol. The normalized spacial score (nSPS) is 12.2. The molecule has 0 saturated carbocycles. The lowest BCUT2D eigenvalue weighted by atomic mass is 10.1. The summed E-state index contributed by atoms with van der Waals surface area (Å²) in [7, 11) is 0. The summed E-state index contributed by atoms with van der Waals surface area (Å²) >= 11 is 0. The summed E-state index contributed by atoms with van der Waals surface area (Å²) in [5.74, 6) is -0.0640. The van der Waals surface area contributed by atoms with Crippen molar-refractivity contribution >= 4 is 5.97 Å². The van der Waals surface area contributed by atoms with E-state index in [4.69, 9.17) is 9.84 Å². The first-order valence-corrected chi connectivity index (χ1v) is 5.36. The van der Waals surface area contributed by atoms with Crippen LogP contribution in [0.2, 0.25) is 0 Å². The lowest BCUT2D eigenvalue weighted by Crippen LogP contribution is -2.17.